The minimum Gasteiger partial charge on any atom is -0.396 e. The van der Waals surface area contributed by atoms with Crippen molar-refractivity contribution in [1.29, 1.82) is 0 Å². The molecule has 1 aliphatic carbocycles. The minimum absolute atomic E-state index is 0.0844. The lowest BCUT2D eigenvalue weighted by Crippen LogP contribution is -2.41. The van der Waals surface area contributed by atoms with E-state index in [1.165, 1.54) is 38.5 Å². The molecule has 0 aromatic rings. The lowest BCUT2D eigenvalue weighted by molar-refractivity contribution is 0.0737. The van der Waals surface area contributed by atoms with E-state index in [0.29, 0.717) is 6.61 Å². The van der Waals surface area contributed by atoms with E-state index in [2.05, 4.69) is 25.8 Å². The molecule has 1 atom stereocenters. The van der Waals surface area contributed by atoms with E-state index in [-0.39, 0.29) is 5.41 Å². The Bertz CT molecular complexity index is 181. The molecule has 1 aliphatic rings. The lowest BCUT2D eigenvalue weighted by atomic mass is 9.87. The van der Waals surface area contributed by atoms with Crippen LogP contribution in [-0.4, -0.2) is 36.2 Å². The second-order valence-corrected chi connectivity index (χ2v) is 5.88. The Kier molecular flexibility index (Phi) is 5.77. The van der Waals surface area contributed by atoms with Crippen LogP contribution in [0.3, 0.4) is 0 Å². The molecule has 1 N–H and O–H groups in total. The van der Waals surface area contributed by atoms with Crippen LogP contribution in [0.25, 0.3) is 0 Å². The van der Waals surface area contributed by atoms with Crippen molar-refractivity contribution in [1.82, 2.24) is 4.90 Å². The van der Waals surface area contributed by atoms with Crippen LogP contribution in [0.15, 0.2) is 0 Å². The SMILES string of the molecule is CCC(C)(CO)CN(C)C1CCCCCC1. The maximum Gasteiger partial charge on any atom is 0.0496 e. The largest absolute Gasteiger partial charge is 0.396 e. The molecule has 2 heteroatoms. The number of hydrogen-bond donors (Lipinski definition) is 1. The molecule has 16 heavy (non-hydrogen) atoms. The molecule has 0 spiro atoms. The average molecular weight is 227 g/mol. The predicted molar refractivity (Wildman–Crippen MR) is 69.6 cm³/mol. The predicted octanol–water partition coefficient (Wildman–Crippen LogP) is 3.05. The van der Waals surface area contributed by atoms with Gasteiger partial charge in [-0.05, 0) is 26.3 Å². The summed E-state index contributed by atoms with van der Waals surface area (Å²) in [5, 5.41) is 9.46. The summed E-state index contributed by atoms with van der Waals surface area (Å²) in [4.78, 5) is 2.49. The first-order chi connectivity index (χ1) is 7.61. The Morgan fingerprint density at radius 3 is 2.19 bits per heavy atom. The molecule has 0 bridgehead atoms. The summed E-state index contributed by atoms with van der Waals surface area (Å²) in [6.45, 7) is 5.71. The third kappa shape index (κ3) is 4.06. The van der Waals surface area contributed by atoms with Gasteiger partial charge in [-0.3, -0.25) is 0 Å². The van der Waals surface area contributed by atoms with E-state index >= 15 is 0 Å². The van der Waals surface area contributed by atoms with Gasteiger partial charge in [-0.1, -0.05) is 39.5 Å². The topological polar surface area (TPSA) is 23.5 Å². The highest BCUT2D eigenvalue weighted by molar-refractivity contribution is 4.80. The molecule has 1 unspecified atom stereocenters. The first kappa shape index (κ1) is 14.0. The van der Waals surface area contributed by atoms with Crippen LogP contribution < -0.4 is 0 Å². The van der Waals surface area contributed by atoms with E-state index < -0.39 is 0 Å². The van der Waals surface area contributed by atoms with Gasteiger partial charge in [0.25, 0.3) is 0 Å². The zero-order chi connectivity index (χ0) is 12.0. The molecule has 0 aromatic heterocycles. The van der Waals surface area contributed by atoms with Gasteiger partial charge in [-0.25, -0.2) is 0 Å². The summed E-state index contributed by atoms with van der Waals surface area (Å²) in [6, 6.07) is 0.750. The fraction of sp³-hybridized carbons (Fsp3) is 1.00. The minimum atomic E-state index is 0.0844. The average Bonchev–Trinajstić information content (AvgIpc) is 2.57. The molecule has 2 nitrogen and oxygen atoms in total. The summed E-state index contributed by atoms with van der Waals surface area (Å²) in [5.74, 6) is 0. The lowest BCUT2D eigenvalue weighted by Gasteiger charge is -2.35. The van der Waals surface area contributed by atoms with Crippen molar-refractivity contribution in [2.24, 2.45) is 5.41 Å². The Morgan fingerprint density at radius 1 is 1.19 bits per heavy atom. The Morgan fingerprint density at radius 2 is 1.75 bits per heavy atom. The van der Waals surface area contributed by atoms with Crippen LogP contribution in [0.1, 0.15) is 58.8 Å². The highest BCUT2D eigenvalue weighted by Gasteiger charge is 2.26. The van der Waals surface area contributed by atoms with Crippen molar-refractivity contribution in [3.05, 3.63) is 0 Å². The van der Waals surface area contributed by atoms with Crippen LogP contribution in [0, 0.1) is 5.41 Å². The first-order valence-corrected chi connectivity index (χ1v) is 6.92. The number of aliphatic hydroxyl groups is 1. The van der Waals surface area contributed by atoms with Gasteiger partial charge in [0.05, 0.1) is 0 Å². The van der Waals surface area contributed by atoms with Gasteiger partial charge in [-0.15, -0.1) is 0 Å². The molecule has 0 saturated heterocycles. The van der Waals surface area contributed by atoms with Gasteiger partial charge in [0, 0.05) is 24.6 Å². The Hall–Kier alpha value is -0.0800. The number of aliphatic hydroxyl groups excluding tert-OH is 1. The second kappa shape index (κ2) is 6.61. The van der Waals surface area contributed by atoms with Crippen molar-refractivity contribution in [3.63, 3.8) is 0 Å². The van der Waals surface area contributed by atoms with Crippen LogP contribution in [0.2, 0.25) is 0 Å². The van der Waals surface area contributed by atoms with E-state index in [1.807, 2.05) is 0 Å². The van der Waals surface area contributed by atoms with Crippen molar-refractivity contribution in [2.75, 3.05) is 20.2 Å². The van der Waals surface area contributed by atoms with E-state index in [1.54, 1.807) is 0 Å². The highest BCUT2D eigenvalue weighted by Crippen LogP contribution is 2.26. The summed E-state index contributed by atoms with van der Waals surface area (Å²) >= 11 is 0. The first-order valence-electron chi connectivity index (χ1n) is 6.92. The van der Waals surface area contributed by atoms with Crippen LogP contribution in [-0.2, 0) is 0 Å². The van der Waals surface area contributed by atoms with Crippen LogP contribution in [0.5, 0.6) is 0 Å². The van der Waals surface area contributed by atoms with Gasteiger partial charge < -0.3 is 10.0 Å². The summed E-state index contributed by atoms with van der Waals surface area (Å²) in [6.07, 6.45) is 9.35. The summed E-state index contributed by atoms with van der Waals surface area (Å²) in [7, 11) is 2.24. The molecule has 0 amide bonds. The standard InChI is InChI=1S/C14H29NO/c1-4-14(2,12-16)11-15(3)13-9-7-5-6-8-10-13/h13,16H,4-12H2,1-3H3. The zero-order valence-corrected chi connectivity index (χ0v) is 11.3. The van der Waals surface area contributed by atoms with Gasteiger partial charge >= 0.3 is 0 Å². The van der Waals surface area contributed by atoms with Gasteiger partial charge in [0.15, 0.2) is 0 Å². The third-order valence-corrected chi connectivity index (χ3v) is 4.31. The molecule has 1 saturated carbocycles. The number of hydrogen-bond acceptors (Lipinski definition) is 2. The molecule has 1 fully saturated rings. The Balaban J connectivity index is 2.45. The molecule has 0 radical (unpaired) electrons. The van der Waals surface area contributed by atoms with E-state index in [9.17, 15) is 5.11 Å². The number of rotatable bonds is 5. The number of nitrogens with zero attached hydrogens (tertiary/aromatic N) is 1. The van der Waals surface area contributed by atoms with E-state index in [4.69, 9.17) is 0 Å². The third-order valence-electron chi connectivity index (χ3n) is 4.31. The van der Waals surface area contributed by atoms with Crippen molar-refractivity contribution < 1.29 is 5.11 Å². The maximum absolute atomic E-state index is 9.46. The van der Waals surface area contributed by atoms with Gasteiger partial charge in [0.1, 0.15) is 0 Å². The zero-order valence-electron chi connectivity index (χ0n) is 11.3. The monoisotopic (exact) mass is 227 g/mol. The highest BCUT2D eigenvalue weighted by atomic mass is 16.3. The molecule has 0 aliphatic heterocycles. The van der Waals surface area contributed by atoms with Crippen molar-refractivity contribution in [3.8, 4) is 0 Å². The van der Waals surface area contributed by atoms with Gasteiger partial charge in [-0.2, -0.15) is 0 Å². The van der Waals surface area contributed by atoms with Crippen LogP contribution >= 0.6 is 0 Å². The van der Waals surface area contributed by atoms with Gasteiger partial charge in [0.2, 0.25) is 0 Å². The normalized spacial score (nSPS) is 23.1. The molecular formula is C14H29NO. The van der Waals surface area contributed by atoms with Crippen LogP contribution in [0.4, 0.5) is 0 Å². The maximum atomic E-state index is 9.46. The fourth-order valence-electron chi connectivity index (χ4n) is 2.70. The molecule has 1 rings (SSSR count). The second-order valence-electron chi connectivity index (χ2n) is 5.88. The Labute approximate surface area is 101 Å². The van der Waals surface area contributed by atoms with Crippen molar-refractivity contribution in [2.45, 2.75) is 64.8 Å². The summed E-state index contributed by atoms with van der Waals surface area (Å²) < 4.78 is 0. The fourth-order valence-corrected chi connectivity index (χ4v) is 2.70. The quantitative estimate of drug-likeness (QED) is 0.730. The van der Waals surface area contributed by atoms with Crippen molar-refractivity contribution >= 4 is 0 Å². The molecular weight excluding hydrogens is 198 g/mol. The van der Waals surface area contributed by atoms with E-state index in [0.717, 1.165) is 19.0 Å². The molecule has 96 valence electrons. The smallest absolute Gasteiger partial charge is 0.0496 e. The summed E-state index contributed by atoms with van der Waals surface area (Å²) in [5.41, 5.74) is 0.0844. The molecule has 0 heterocycles. The molecule has 0 aromatic carbocycles.